The molecule has 0 saturated heterocycles. The first kappa shape index (κ1) is 25.2. The summed E-state index contributed by atoms with van der Waals surface area (Å²) in [5, 5.41) is 2.50. The number of unbranched alkanes of at least 4 members (excludes halogenated alkanes) is 12. The van der Waals surface area contributed by atoms with E-state index in [1.165, 1.54) is 98.9 Å². The minimum Gasteiger partial charge on any atom is -0.294 e. The van der Waals surface area contributed by atoms with Crippen molar-refractivity contribution in [3.63, 3.8) is 0 Å². The summed E-state index contributed by atoms with van der Waals surface area (Å²) in [5.41, 5.74) is 3.21. The highest BCUT2D eigenvalue weighted by atomic mass is 16.1. The highest BCUT2D eigenvalue weighted by Gasteiger charge is 2.07. The van der Waals surface area contributed by atoms with Crippen LogP contribution in [0.2, 0.25) is 0 Å². The summed E-state index contributed by atoms with van der Waals surface area (Å²) in [6.45, 7) is 2.28. The SMILES string of the molecule is CCCCCCCCCCCCCCCC(=O)c1ccc(-c2ccc3ccccc3c2)cc1. The van der Waals surface area contributed by atoms with Gasteiger partial charge in [0.05, 0.1) is 0 Å². The van der Waals surface area contributed by atoms with Gasteiger partial charge in [0, 0.05) is 12.0 Å². The van der Waals surface area contributed by atoms with Gasteiger partial charge in [-0.3, -0.25) is 4.79 Å². The quantitative estimate of drug-likeness (QED) is 0.159. The average Bonchev–Trinajstić information content (AvgIpc) is 2.86. The van der Waals surface area contributed by atoms with Gasteiger partial charge in [-0.05, 0) is 34.4 Å². The number of benzene rings is 3. The van der Waals surface area contributed by atoms with E-state index in [-0.39, 0.29) is 5.78 Å². The first-order valence-electron chi connectivity index (χ1n) is 13.4. The number of fused-ring (bicyclic) bond motifs is 1. The lowest BCUT2D eigenvalue weighted by Gasteiger charge is -2.06. The molecule has 0 saturated carbocycles. The Hall–Kier alpha value is -2.41. The Morgan fingerprint density at radius 1 is 0.545 bits per heavy atom. The number of hydrogen-bond acceptors (Lipinski definition) is 1. The predicted molar refractivity (Wildman–Crippen MR) is 144 cm³/mol. The smallest absolute Gasteiger partial charge is 0.162 e. The van der Waals surface area contributed by atoms with Crippen LogP contribution in [0.4, 0.5) is 0 Å². The van der Waals surface area contributed by atoms with Gasteiger partial charge in [0.15, 0.2) is 5.78 Å². The second-order valence-corrected chi connectivity index (χ2v) is 9.56. The van der Waals surface area contributed by atoms with Crippen LogP contribution in [0.5, 0.6) is 0 Å². The van der Waals surface area contributed by atoms with Gasteiger partial charge in [-0.15, -0.1) is 0 Å². The van der Waals surface area contributed by atoms with Crippen molar-refractivity contribution in [3.05, 3.63) is 72.3 Å². The van der Waals surface area contributed by atoms with Gasteiger partial charge in [-0.25, -0.2) is 0 Å². The van der Waals surface area contributed by atoms with Crippen molar-refractivity contribution in [2.24, 2.45) is 0 Å². The molecule has 176 valence electrons. The maximum atomic E-state index is 12.6. The van der Waals surface area contributed by atoms with Gasteiger partial charge < -0.3 is 0 Å². The molecule has 0 aliphatic heterocycles. The molecule has 0 aromatic heterocycles. The Labute approximate surface area is 201 Å². The lowest BCUT2D eigenvalue weighted by atomic mass is 9.98. The van der Waals surface area contributed by atoms with Crippen molar-refractivity contribution in [3.8, 4) is 11.1 Å². The molecule has 0 aliphatic rings. The minimum atomic E-state index is 0.281. The Morgan fingerprint density at radius 2 is 1.06 bits per heavy atom. The first-order chi connectivity index (χ1) is 16.3. The minimum absolute atomic E-state index is 0.281. The van der Waals surface area contributed by atoms with E-state index in [9.17, 15) is 4.79 Å². The largest absolute Gasteiger partial charge is 0.294 e. The van der Waals surface area contributed by atoms with Crippen molar-refractivity contribution < 1.29 is 4.79 Å². The Bertz CT molecular complexity index is 954. The van der Waals surface area contributed by atoms with Gasteiger partial charge in [0.25, 0.3) is 0 Å². The van der Waals surface area contributed by atoms with Crippen LogP contribution in [0.3, 0.4) is 0 Å². The van der Waals surface area contributed by atoms with E-state index in [0.717, 1.165) is 12.0 Å². The molecule has 0 unspecified atom stereocenters. The Morgan fingerprint density at radius 3 is 1.67 bits per heavy atom. The van der Waals surface area contributed by atoms with E-state index < -0.39 is 0 Å². The van der Waals surface area contributed by atoms with E-state index in [4.69, 9.17) is 0 Å². The molecule has 33 heavy (non-hydrogen) atoms. The average molecular weight is 443 g/mol. The fourth-order valence-electron chi connectivity index (χ4n) is 4.67. The molecule has 0 atom stereocenters. The summed E-state index contributed by atoms with van der Waals surface area (Å²) < 4.78 is 0. The summed E-state index contributed by atoms with van der Waals surface area (Å²) in [4.78, 5) is 12.6. The zero-order chi connectivity index (χ0) is 23.1. The van der Waals surface area contributed by atoms with Crippen molar-refractivity contribution in [1.82, 2.24) is 0 Å². The molecule has 1 nitrogen and oxygen atoms in total. The number of carbonyl (C=O) groups excluding carboxylic acids is 1. The maximum absolute atomic E-state index is 12.6. The first-order valence-corrected chi connectivity index (χ1v) is 13.4. The molecule has 0 fully saturated rings. The van der Waals surface area contributed by atoms with Gasteiger partial charge in [0.1, 0.15) is 0 Å². The van der Waals surface area contributed by atoms with Gasteiger partial charge in [0.2, 0.25) is 0 Å². The molecule has 1 heteroatoms. The molecule has 0 aliphatic carbocycles. The second-order valence-electron chi connectivity index (χ2n) is 9.56. The number of hydrogen-bond donors (Lipinski definition) is 0. The molecule has 0 N–H and O–H groups in total. The van der Waals surface area contributed by atoms with Crippen molar-refractivity contribution >= 4 is 16.6 Å². The standard InChI is InChI=1S/C32H42O/c1-2-3-4-5-6-7-8-9-10-11-12-13-14-19-32(33)29-23-20-28(21-24-29)31-25-22-27-17-15-16-18-30(27)26-31/h15-18,20-26H,2-14,19H2,1H3. The van der Waals surface area contributed by atoms with Gasteiger partial charge in [-0.2, -0.15) is 0 Å². The zero-order valence-corrected chi connectivity index (χ0v) is 20.7. The van der Waals surface area contributed by atoms with Crippen LogP contribution >= 0.6 is 0 Å². The summed E-state index contributed by atoms with van der Waals surface area (Å²) in [6, 6.07) is 23.1. The molecule has 0 amide bonds. The van der Waals surface area contributed by atoms with E-state index in [2.05, 4.69) is 61.5 Å². The third-order valence-corrected chi connectivity index (χ3v) is 6.80. The maximum Gasteiger partial charge on any atom is 0.162 e. The molecule has 0 spiro atoms. The van der Waals surface area contributed by atoms with Gasteiger partial charge >= 0.3 is 0 Å². The molecule has 0 radical (unpaired) electrons. The predicted octanol–water partition coefficient (Wildman–Crippen LogP) is 10.2. The van der Waals surface area contributed by atoms with Crippen LogP contribution in [-0.4, -0.2) is 5.78 Å². The molecule has 0 bridgehead atoms. The van der Waals surface area contributed by atoms with Crippen molar-refractivity contribution in [2.75, 3.05) is 0 Å². The van der Waals surface area contributed by atoms with E-state index in [0.29, 0.717) is 6.42 Å². The Balaban J connectivity index is 1.28. The summed E-state index contributed by atoms with van der Waals surface area (Å²) in [5.74, 6) is 0.281. The molecular weight excluding hydrogens is 400 g/mol. The van der Waals surface area contributed by atoms with Crippen molar-refractivity contribution in [1.29, 1.82) is 0 Å². The van der Waals surface area contributed by atoms with Crippen LogP contribution in [0.15, 0.2) is 66.7 Å². The third kappa shape index (κ3) is 8.80. The third-order valence-electron chi connectivity index (χ3n) is 6.80. The highest BCUT2D eigenvalue weighted by molar-refractivity contribution is 5.96. The molecule has 3 rings (SSSR count). The van der Waals surface area contributed by atoms with Gasteiger partial charge in [-0.1, -0.05) is 145 Å². The van der Waals surface area contributed by atoms with E-state index in [1.54, 1.807) is 0 Å². The fraction of sp³-hybridized carbons (Fsp3) is 0.469. The van der Waals surface area contributed by atoms with Crippen LogP contribution < -0.4 is 0 Å². The molecule has 3 aromatic carbocycles. The second kappa shape index (κ2) is 14.7. The zero-order valence-electron chi connectivity index (χ0n) is 20.7. The normalized spacial score (nSPS) is 11.2. The monoisotopic (exact) mass is 442 g/mol. The summed E-state index contributed by atoms with van der Waals surface area (Å²) in [6.07, 6.45) is 18.0. The van der Waals surface area contributed by atoms with Crippen LogP contribution in [0, 0.1) is 0 Å². The van der Waals surface area contributed by atoms with Crippen LogP contribution in [-0.2, 0) is 0 Å². The van der Waals surface area contributed by atoms with Crippen LogP contribution in [0.25, 0.3) is 21.9 Å². The summed E-state index contributed by atoms with van der Waals surface area (Å²) >= 11 is 0. The number of Topliss-reactive ketones (excluding diaryl/α,β-unsaturated/α-hetero) is 1. The van der Waals surface area contributed by atoms with Crippen LogP contribution in [0.1, 0.15) is 107 Å². The number of carbonyl (C=O) groups is 1. The summed E-state index contributed by atoms with van der Waals surface area (Å²) in [7, 11) is 0. The lowest BCUT2D eigenvalue weighted by Crippen LogP contribution is -1.98. The van der Waals surface area contributed by atoms with E-state index >= 15 is 0 Å². The van der Waals surface area contributed by atoms with E-state index in [1.807, 2.05) is 12.1 Å². The topological polar surface area (TPSA) is 17.1 Å². The fourth-order valence-corrected chi connectivity index (χ4v) is 4.67. The molecule has 0 heterocycles. The number of rotatable bonds is 16. The van der Waals surface area contributed by atoms with Crippen molar-refractivity contribution in [2.45, 2.75) is 96.8 Å². The Kier molecular flexibility index (Phi) is 11.2. The lowest BCUT2D eigenvalue weighted by molar-refractivity contribution is 0.0979. The molecule has 3 aromatic rings. The number of ketones is 1. The highest BCUT2D eigenvalue weighted by Crippen LogP contribution is 2.25. The molecular formula is C32H42O.